The third kappa shape index (κ3) is 2.85. The second-order valence-corrected chi connectivity index (χ2v) is 6.25. The van der Waals surface area contributed by atoms with Crippen molar-refractivity contribution in [2.75, 3.05) is 0 Å². The second kappa shape index (κ2) is 5.88. The lowest BCUT2D eigenvalue weighted by Gasteiger charge is -2.09. The van der Waals surface area contributed by atoms with Crippen LogP contribution >= 0.6 is 0 Å². The van der Waals surface area contributed by atoms with E-state index in [1.807, 2.05) is 0 Å². The number of hydrogen-bond donors (Lipinski definition) is 1. The summed E-state index contributed by atoms with van der Waals surface area (Å²) < 4.78 is 0. The fraction of sp³-hybridized carbons (Fsp3) is 0.190. The summed E-state index contributed by atoms with van der Waals surface area (Å²) >= 11 is 0. The molecule has 0 saturated carbocycles. The Bertz CT molecular complexity index is 870. The lowest BCUT2D eigenvalue weighted by atomic mass is 9.95. The maximum Gasteiger partial charge on any atom is 0.166 e. The molecule has 0 saturated heterocycles. The number of benzene rings is 2. The number of nitrogens with one attached hydrogen (secondary N) is 1. The van der Waals surface area contributed by atoms with Crippen LogP contribution in [0.2, 0.25) is 0 Å². The van der Waals surface area contributed by atoms with Crippen molar-refractivity contribution in [1.29, 1.82) is 0 Å². The Morgan fingerprint density at radius 1 is 0.783 bits per heavy atom. The average Bonchev–Trinajstić information content (AvgIpc) is 2.95. The molecule has 0 fully saturated rings. The van der Waals surface area contributed by atoms with E-state index in [2.05, 4.69) is 75.1 Å². The Kier molecular flexibility index (Phi) is 3.91. The topological polar surface area (TPSA) is 32.9 Å². The van der Waals surface area contributed by atoms with Crippen molar-refractivity contribution >= 4 is 6.29 Å². The molecule has 1 aromatic heterocycles. The minimum atomic E-state index is 0.631. The number of aromatic nitrogens is 1. The third-order valence-electron chi connectivity index (χ3n) is 4.46. The zero-order chi connectivity index (χ0) is 16.6. The molecule has 1 heterocycles. The molecule has 116 valence electrons. The van der Waals surface area contributed by atoms with E-state index in [0.29, 0.717) is 5.69 Å². The molecule has 2 aromatic carbocycles. The van der Waals surface area contributed by atoms with Gasteiger partial charge in [-0.05, 0) is 61.6 Å². The number of hydrogen-bond acceptors (Lipinski definition) is 1. The Hall–Kier alpha value is -2.61. The van der Waals surface area contributed by atoms with Crippen LogP contribution in [-0.4, -0.2) is 11.3 Å². The molecule has 3 rings (SSSR count). The van der Waals surface area contributed by atoms with Gasteiger partial charge in [-0.1, -0.05) is 42.0 Å². The van der Waals surface area contributed by atoms with Crippen molar-refractivity contribution < 1.29 is 4.79 Å². The van der Waals surface area contributed by atoms with E-state index < -0.39 is 0 Å². The summed E-state index contributed by atoms with van der Waals surface area (Å²) in [6.07, 6.45) is 0.904. The first-order chi connectivity index (χ1) is 11.0. The number of aldehydes is 1. The molecule has 0 aliphatic carbocycles. The predicted molar refractivity (Wildman–Crippen MR) is 96.0 cm³/mol. The van der Waals surface area contributed by atoms with Gasteiger partial charge in [0, 0.05) is 11.3 Å². The molecular weight excluding hydrogens is 282 g/mol. The van der Waals surface area contributed by atoms with Crippen LogP contribution in [0.5, 0.6) is 0 Å². The van der Waals surface area contributed by atoms with E-state index in [9.17, 15) is 4.79 Å². The summed E-state index contributed by atoms with van der Waals surface area (Å²) in [7, 11) is 0. The zero-order valence-corrected chi connectivity index (χ0v) is 14.0. The first kappa shape index (κ1) is 15.3. The fourth-order valence-electron chi connectivity index (χ4n) is 2.93. The van der Waals surface area contributed by atoms with Gasteiger partial charge in [-0.15, -0.1) is 0 Å². The molecule has 0 amide bonds. The maximum absolute atomic E-state index is 11.5. The van der Waals surface area contributed by atoms with Crippen molar-refractivity contribution in [1.82, 2.24) is 4.98 Å². The molecule has 2 heteroatoms. The number of aromatic amines is 1. The molecule has 1 N–H and O–H groups in total. The van der Waals surface area contributed by atoms with Crippen LogP contribution in [0.25, 0.3) is 22.4 Å². The minimum Gasteiger partial charge on any atom is -0.352 e. The first-order valence-corrected chi connectivity index (χ1v) is 7.83. The monoisotopic (exact) mass is 303 g/mol. The molecule has 0 atom stereocenters. The molecule has 0 aliphatic rings. The van der Waals surface area contributed by atoms with Gasteiger partial charge in [0.1, 0.15) is 0 Å². The van der Waals surface area contributed by atoms with Gasteiger partial charge in [-0.3, -0.25) is 4.79 Å². The molecule has 0 unspecified atom stereocenters. The SMILES string of the molecule is Cc1ccc(-c2cc(-c3cc(C)c(C)cc3C)c(C=O)[nH]2)cc1. The summed E-state index contributed by atoms with van der Waals surface area (Å²) in [5, 5.41) is 0. The van der Waals surface area contributed by atoms with Gasteiger partial charge in [0.05, 0.1) is 5.69 Å². The predicted octanol–water partition coefficient (Wildman–Crippen LogP) is 5.39. The summed E-state index contributed by atoms with van der Waals surface area (Å²) in [5.74, 6) is 0. The molecule has 23 heavy (non-hydrogen) atoms. The molecule has 0 aliphatic heterocycles. The Morgan fingerprint density at radius 2 is 1.43 bits per heavy atom. The van der Waals surface area contributed by atoms with Crippen LogP contribution in [0.1, 0.15) is 32.7 Å². The first-order valence-electron chi connectivity index (χ1n) is 7.83. The fourth-order valence-corrected chi connectivity index (χ4v) is 2.93. The highest BCUT2D eigenvalue weighted by Crippen LogP contribution is 2.32. The van der Waals surface area contributed by atoms with Crippen LogP contribution in [0.4, 0.5) is 0 Å². The van der Waals surface area contributed by atoms with Crippen LogP contribution in [-0.2, 0) is 0 Å². The Balaban J connectivity index is 2.15. The lowest BCUT2D eigenvalue weighted by Crippen LogP contribution is -1.91. The average molecular weight is 303 g/mol. The minimum absolute atomic E-state index is 0.631. The molecule has 3 aromatic rings. The molecular formula is C21H21NO. The highest BCUT2D eigenvalue weighted by atomic mass is 16.1. The molecule has 0 spiro atoms. The van der Waals surface area contributed by atoms with Crippen molar-refractivity contribution in [2.24, 2.45) is 0 Å². The van der Waals surface area contributed by atoms with Crippen LogP contribution in [0.3, 0.4) is 0 Å². The van der Waals surface area contributed by atoms with Crippen LogP contribution < -0.4 is 0 Å². The van der Waals surface area contributed by atoms with Crippen LogP contribution in [0.15, 0.2) is 42.5 Å². The largest absolute Gasteiger partial charge is 0.352 e. The highest BCUT2D eigenvalue weighted by Gasteiger charge is 2.13. The van der Waals surface area contributed by atoms with Gasteiger partial charge >= 0.3 is 0 Å². The van der Waals surface area contributed by atoms with E-state index >= 15 is 0 Å². The second-order valence-electron chi connectivity index (χ2n) is 6.25. The number of carbonyl (C=O) groups excluding carboxylic acids is 1. The summed E-state index contributed by atoms with van der Waals surface area (Å²) in [6, 6.07) is 14.7. The third-order valence-corrected chi connectivity index (χ3v) is 4.46. The van der Waals surface area contributed by atoms with E-state index in [4.69, 9.17) is 0 Å². The van der Waals surface area contributed by atoms with Crippen molar-refractivity contribution in [3.63, 3.8) is 0 Å². The van der Waals surface area contributed by atoms with E-state index in [1.54, 1.807) is 0 Å². The van der Waals surface area contributed by atoms with Gasteiger partial charge < -0.3 is 4.98 Å². The van der Waals surface area contributed by atoms with Gasteiger partial charge in [0.2, 0.25) is 0 Å². The Labute approximate surface area is 137 Å². The van der Waals surface area contributed by atoms with E-state index in [1.165, 1.54) is 22.3 Å². The van der Waals surface area contributed by atoms with E-state index in [-0.39, 0.29) is 0 Å². The standard InChI is InChI=1S/C21H21NO/c1-13-5-7-17(8-6-13)20-11-19(21(12-23)22-20)18-10-15(3)14(2)9-16(18)4/h5-12,22H,1-4H3. The number of H-pyrrole nitrogens is 1. The van der Waals surface area contributed by atoms with Gasteiger partial charge in [-0.25, -0.2) is 0 Å². The molecule has 2 nitrogen and oxygen atoms in total. The maximum atomic E-state index is 11.5. The van der Waals surface area contributed by atoms with Crippen LogP contribution in [0, 0.1) is 27.7 Å². The number of carbonyl (C=O) groups is 1. The van der Waals surface area contributed by atoms with Gasteiger partial charge in [-0.2, -0.15) is 0 Å². The highest BCUT2D eigenvalue weighted by molar-refractivity contribution is 5.90. The van der Waals surface area contributed by atoms with Crippen molar-refractivity contribution in [3.8, 4) is 22.4 Å². The lowest BCUT2D eigenvalue weighted by molar-refractivity contribution is 0.112. The summed E-state index contributed by atoms with van der Waals surface area (Å²) in [5.41, 5.74) is 9.69. The number of rotatable bonds is 3. The molecule has 0 radical (unpaired) electrons. The number of aryl methyl sites for hydroxylation is 4. The van der Waals surface area contributed by atoms with Crippen molar-refractivity contribution in [2.45, 2.75) is 27.7 Å². The zero-order valence-electron chi connectivity index (χ0n) is 14.0. The van der Waals surface area contributed by atoms with E-state index in [0.717, 1.165) is 28.7 Å². The smallest absolute Gasteiger partial charge is 0.166 e. The summed E-state index contributed by atoms with van der Waals surface area (Å²) in [6.45, 7) is 8.38. The normalized spacial score (nSPS) is 10.8. The quantitative estimate of drug-likeness (QED) is 0.646. The Morgan fingerprint density at radius 3 is 2.09 bits per heavy atom. The molecule has 0 bridgehead atoms. The van der Waals surface area contributed by atoms with Gasteiger partial charge in [0.25, 0.3) is 0 Å². The van der Waals surface area contributed by atoms with Gasteiger partial charge in [0.15, 0.2) is 6.29 Å². The summed E-state index contributed by atoms with van der Waals surface area (Å²) in [4.78, 5) is 14.8. The van der Waals surface area contributed by atoms with Crippen molar-refractivity contribution in [3.05, 3.63) is 70.4 Å².